The summed E-state index contributed by atoms with van der Waals surface area (Å²) in [6.07, 6.45) is 1.83. The molecule has 1 saturated carbocycles. The molecule has 0 aromatic carbocycles. The summed E-state index contributed by atoms with van der Waals surface area (Å²) < 4.78 is 0.735. The van der Waals surface area contributed by atoms with Crippen LogP contribution < -0.4 is 5.73 Å². The molecule has 68 valence electrons. The second kappa shape index (κ2) is 2.98. The Labute approximate surface area is 85.9 Å². The van der Waals surface area contributed by atoms with Gasteiger partial charge in [0.2, 0.25) is 0 Å². The van der Waals surface area contributed by atoms with Crippen molar-refractivity contribution in [1.82, 2.24) is 0 Å². The molecule has 0 radical (unpaired) electrons. The molecule has 1 aromatic heterocycles. The molecule has 2 N–H and O–H groups in total. The summed E-state index contributed by atoms with van der Waals surface area (Å²) >= 11 is 7.27. The maximum atomic E-state index is 8.94. The summed E-state index contributed by atoms with van der Waals surface area (Å²) in [5.74, 6) is 0. The van der Waals surface area contributed by atoms with Crippen LogP contribution in [-0.2, 0) is 0 Å². The quantitative estimate of drug-likeness (QED) is 0.820. The Morgan fingerprint density at radius 3 is 2.69 bits per heavy atom. The molecule has 1 aliphatic rings. The van der Waals surface area contributed by atoms with Crippen molar-refractivity contribution in [1.29, 1.82) is 5.26 Å². The van der Waals surface area contributed by atoms with Crippen LogP contribution in [0.5, 0.6) is 0 Å². The summed E-state index contributed by atoms with van der Waals surface area (Å²) in [4.78, 5) is 1.02. The van der Waals surface area contributed by atoms with Crippen LogP contribution >= 0.6 is 22.9 Å². The number of thiophene rings is 1. The molecule has 0 amide bonds. The average molecular weight is 213 g/mol. The number of halogens is 1. The Morgan fingerprint density at radius 2 is 2.31 bits per heavy atom. The smallest absolute Gasteiger partial charge is 0.0931 e. The van der Waals surface area contributed by atoms with Crippen molar-refractivity contribution in [2.24, 2.45) is 11.1 Å². The van der Waals surface area contributed by atoms with Crippen molar-refractivity contribution in [2.75, 3.05) is 0 Å². The molecule has 1 heterocycles. The Kier molecular flexibility index (Phi) is 2.07. The predicted octanol–water partition coefficient (Wildman–Crippen LogP) is 2.71. The van der Waals surface area contributed by atoms with Crippen molar-refractivity contribution >= 4 is 22.9 Å². The highest BCUT2D eigenvalue weighted by atomic mass is 35.5. The second-order valence-corrected chi connectivity index (χ2v) is 5.13. The Hall–Kier alpha value is -0.560. The van der Waals surface area contributed by atoms with E-state index in [2.05, 4.69) is 6.07 Å². The van der Waals surface area contributed by atoms with Crippen LogP contribution in [0.1, 0.15) is 23.8 Å². The van der Waals surface area contributed by atoms with Crippen molar-refractivity contribution in [3.05, 3.63) is 21.3 Å². The molecule has 0 bridgehead atoms. The SMILES string of the molecule is N#CC1(C(N)c2ccc(Cl)s2)CC1. The Morgan fingerprint density at radius 1 is 1.62 bits per heavy atom. The first-order valence-corrected chi connectivity index (χ1v) is 5.29. The molecular formula is C9H9ClN2S. The fourth-order valence-electron chi connectivity index (χ4n) is 1.39. The Balaban J connectivity index is 2.23. The van der Waals surface area contributed by atoms with Gasteiger partial charge in [-0.1, -0.05) is 11.6 Å². The number of nitrogens with zero attached hydrogens (tertiary/aromatic N) is 1. The van der Waals surface area contributed by atoms with Crippen molar-refractivity contribution in [3.63, 3.8) is 0 Å². The normalized spacial score (nSPS) is 20.7. The molecule has 1 unspecified atom stereocenters. The third-order valence-electron chi connectivity index (χ3n) is 2.51. The molecule has 13 heavy (non-hydrogen) atoms. The minimum atomic E-state index is -0.297. The van der Waals surface area contributed by atoms with Gasteiger partial charge in [-0.25, -0.2) is 0 Å². The van der Waals surface area contributed by atoms with E-state index < -0.39 is 0 Å². The van der Waals surface area contributed by atoms with E-state index in [9.17, 15) is 0 Å². The van der Waals surface area contributed by atoms with Crippen molar-refractivity contribution < 1.29 is 0 Å². The molecule has 0 aliphatic heterocycles. The van der Waals surface area contributed by atoms with Gasteiger partial charge in [0, 0.05) is 4.88 Å². The van der Waals surface area contributed by atoms with Gasteiger partial charge in [0.1, 0.15) is 0 Å². The van der Waals surface area contributed by atoms with Gasteiger partial charge in [0.25, 0.3) is 0 Å². The second-order valence-electron chi connectivity index (χ2n) is 3.39. The van der Waals surface area contributed by atoms with Gasteiger partial charge in [0.05, 0.1) is 21.9 Å². The van der Waals surface area contributed by atoms with Crippen LogP contribution in [0.15, 0.2) is 12.1 Å². The van der Waals surface area contributed by atoms with E-state index in [4.69, 9.17) is 22.6 Å². The average Bonchev–Trinajstić information content (AvgIpc) is 2.82. The van der Waals surface area contributed by atoms with Gasteiger partial charge in [-0.2, -0.15) is 5.26 Å². The fraction of sp³-hybridized carbons (Fsp3) is 0.444. The van der Waals surface area contributed by atoms with Crippen LogP contribution in [0.2, 0.25) is 4.34 Å². The highest BCUT2D eigenvalue weighted by Crippen LogP contribution is 2.54. The molecule has 1 aliphatic carbocycles. The van der Waals surface area contributed by atoms with E-state index in [0.717, 1.165) is 22.1 Å². The van der Waals surface area contributed by atoms with Crippen molar-refractivity contribution in [2.45, 2.75) is 18.9 Å². The standard InChI is InChI=1S/C9H9ClN2S/c10-7-2-1-6(13-7)8(12)9(5-11)3-4-9/h1-2,8H,3-4,12H2. The minimum Gasteiger partial charge on any atom is -0.322 e. The molecule has 1 atom stereocenters. The van der Waals surface area contributed by atoms with Gasteiger partial charge in [-0.05, 0) is 25.0 Å². The van der Waals surface area contributed by atoms with Gasteiger partial charge in [-0.3, -0.25) is 0 Å². The molecule has 1 fully saturated rings. The van der Waals surface area contributed by atoms with E-state index in [1.165, 1.54) is 11.3 Å². The molecule has 0 spiro atoms. The van der Waals surface area contributed by atoms with E-state index in [0.29, 0.717) is 0 Å². The summed E-state index contributed by atoms with van der Waals surface area (Å²) in [5, 5.41) is 8.94. The van der Waals surface area contributed by atoms with Crippen LogP contribution in [0, 0.1) is 16.7 Å². The van der Waals surface area contributed by atoms with E-state index in [-0.39, 0.29) is 11.5 Å². The number of nitrogens with two attached hydrogens (primary N) is 1. The number of hydrogen-bond acceptors (Lipinski definition) is 3. The molecular weight excluding hydrogens is 204 g/mol. The highest BCUT2D eigenvalue weighted by molar-refractivity contribution is 7.16. The van der Waals surface area contributed by atoms with E-state index in [1.54, 1.807) is 0 Å². The zero-order valence-electron chi connectivity index (χ0n) is 6.96. The monoisotopic (exact) mass is 212 g/mol. The topological polar surface area (TPSA) is 49.8 Å². The first kappa shape index (κ1) is 9.01. The summed E-state index contributed by atoms with van der Waals surface area (Å²) in [6, 6.07) is 5.88. The Bertz CT molecular complexity index is 362. The zero-order chi connectivity index (χ0) is 9.47. The molecule has 0 saturated heterocycles. The lowest BCUT2D eigenvalue weighted by Crippen LogP contribution is -2.20. The van der Waals surface area contributed by atoms with Crippen LogP contribution in [0.3, 0.4) is 0 Å². The van der Waals surface area contributed by atoms with Crippen molar-refractivity contribution in [3.8, 4) is 6.07 Å². The van der Waals surface area contributed by atoms with Gasteiger partial charge < -0.3 is 5.73 Å². The van der Waals surface area contributed by atoms with E-state index in [1.807, 2.05) is 12.1 Å². The maximum Gasteiger partial charge on any atom is 0.0931 e. The number of nitriles is 1. The summed E-state index contributed by atoms with van der Waals surface area (Å²) in [6.45, 7) is 0. The number of rotatable bonds is 2. The number of hydrogen-bond donors (Lipinski definition) is 1. The van der Waals surface area contributed by atoms with Gasteiger partial charge in [-0.15, -0.1) is 11.3 Å². The third kappa shape index (κ3) is 1.46. The summed E-state index contributed by atoms with van der Waals surface area (Å²) in [7, 11) is 0. The molecule has 2 nitrogen and oxygen atoms in total. The first-order valence-electron chi connectivity index (χ1n) is 4.10. The van der Waals surface area contributed by atoms with Gasteiger partial charge in [0.15, 0.2) is 0 Å². The third-order valence-corrected chi connectivity index (χ3v) is 3.82. The van der Waals surface area contributed by atoms with Crippen LogP contribution in [-0.4, -0.2) is 0 Å². The lowest BCUT2D eigenvalue weighted by molar-refractivity contribution is 0.527. The fourth-order valence-corrected chi connectivity index (χ4v) is 2.57. The van der Waals surface area contributed by atoms with E-state index >= 15 is 0 Å². The van der Waals surface area contributed by atoms with Crippen LogP contribution in [0.25, 0.3) is 0 Å². The lowest BCUT2D eigenvalue weighted by atomic mass is 9.98. The minimum absolute atomic E-state index is 0.157. The maximum absolute atomic E-state index is 8.94. The highest BCUT2D eigenvalue weighted by Gasteiger charge is 2.49. The summed E-state index contributed by atoms with van der Waals surface area (Å²) in [5.41, 5.74) is 5.69. The lowest BCUT2D eigenvalue weighted by Gasteiger charge is -2.13. The zero-order valence-corrected chi connectivity index (χ0v) is 8.53. The van der Waals surface area contributed by atoms with Gasteiger partial charge >= 0.3 is 0 Å². The molecule has 4 heteroatoms. The van der Waals surface area contributed by atoms with Crippen LogP contribution in [0.4, 0.5) is 0 Å². The predicted molar refractivity (Wildman–Crippen MR) is 53.5 cm³/mol. The largest absolute Gasteiger partial charge is 0.322 e. The molecule has 2 rings (SSSR count). The molecule has 1 aromatic rings. The first-order chi connectivity index (χ1) is 6.18.